The second-order valence-electron chi connectivity index (χ2n) is 5.37. The molecule has 6 heteroatoms. The molecular weight excluding hydrogens is 300 g/mol. The maximum atomic E-state index is 12.2. The van der Waals surface area contributed by atoms with Crippen LogP contribution in [0.5, 0.6) is 0 Å². The smallest absolute Gasteiger partial charge is 0.232 e. The van der Waals surface area contributed by atoms with Crippen molar-refractivity contribution >= 4 is 21.6 Å². The van der Waals surface area contributed by atoms with Gasteiger partial charge < -0.3 is 5.32 Å². The molecule has 0 heterocycles. The molecule has 0 aromatic heterocycles. The highest BCUT2D eigenvalue weighted by Gasteiger charge is 2.21. The maximum Gasteiger partial charge on any atom is 0.232 e. The molecule has 0 spiro atoms. The average Bonchev–Trinajstić information content (AvgIpc) is 2.43. The molecule has 0 aliphatic carbocycles. The number of rotatable bonds is 8. The first-order valence-electron chi connectivity index (χ1n) is 7.64. The predicted octanol–water partition coefficient (Wildman–Crippen LogP) is 2.24. The van der Waals surface area contributed by atoms with Gasteiger partial charge in [-0.15, -0.1) is 0 Å². The number of benzene rings is 1. The van der Waals surface area contributed by atoms with Gasteiger partial charge in [0.15, 0.2) is 0 Å². The summed E-state index contributed by atoms with van der Waals surface area (Å²) in [6.07, 6.45) is 3.20. The van der Waals surface area contributed by atoms with Crippen molar-refractivity contribution in [3.05, 3.63) is 29.3 Å². The van der Waals surface area contributed by atoms with Gasteiger partial charge in [0, 0.05) is 13.0 Å². The number of carbonyl (C=O) groups is 1. The van der Waals surface area contributed by atoms with Crippen LogP contribution < -0.4 is 9.62 Å². The van der Waals surface area contributed by atoms with Gasteiger partial charge >= 0.3 is 0 Å². The molecule has 0 unspecified atom stereocenters. The lowest BCUT2D eigenvalue weighted by atomic mass is 10.1. The van der Waals surface area contributed by atoms with E-state index in [1.54, 1.807) is 0 Å². The number of sulfonamides is 1. The SMILES string of the molecule is CCCC(=O)NCCN(c1c(C)cccc1CC)S(C)(=O)=O. The van der Waals surface area contributed by atoms with Crippen molar-refractivity contribution in [1.29, 1.82) is 0 Å². The Labute approximate surface area is 133 Å². The molecule has 0 saturated heterocycles. The number of amides is 1. The number of hydrogen-bond acceptors (Lipinski definition) is 3. The Hall–Kier alpha value is -1.56. The quantitative estimate of drug-likeness (QED) is 0.797. The summed E-state index contributed by atoms with van der Waals surface area (Å²) < 4.78 is 25.7. The molecule has 0 aliphatic heterocycles. The van der Waals surface area contributed by atoms with Gasteiger partial charge in [-0.3, -0.25) is 9.10 Å². The van der Waals surface area contributed by atoms with Gasteiger partial charge in [-0.1, -0.05) is 32.0 Å². The van der Waals surface area contributed by atoms with Crippen molar-refractivity contribution in [1.82, 2.24) is 5.32 Å². The molecular formula is C16H26N2O3S. The normalized spacial score (nSPS) is 11.3. The number of nitrogens with one attached hydrogen (secondary N) is 1. The molecule has 0 bridgehead atoms. The van der Waals surface area contributed by atoms with Gasteiger partial charge in [-0.25, -0.2) is 8.42 Å². The maximum absolute atomic E-state index is 12.2. The van der Waals surface area contributed by atoms with Crippen LogP contribution in [-0.4, -0.2) is 33.7 Å². The van der Waals surface area contributed by atoms with Crippen LogP contribution >= 0.6 is 0 Å². The van der Waals surface area contributed by atoms with E-state index in [1.165, 1.54) is 10.6 Å². The van der Waals surface area contributed by atoms with Crippen molar-refractivity contribution in [3.8, 4) is 0 Å². The summed E-state index contributed by atoms with van der Waals surface area (Å²) in [6, 6.07) is 5.78. The Balaban J connectivity index is 2.99. The third kappa shape index (κ3) is 5.02. The van der Waals surface area contributed by atoms with E-state index in [2.05, 4.69) is 5.32 Å². The van der Waals surface area contributed by atoms with Crippen molar-refractivity contribution in [2.24, 2.45) is 0 Å². The Kier molecular flexibility index (Phi) is 6.87. The summed E-state index contributed by atoms with van der Waals surface area (Å²) in [5, 5.41) is 2.77. The van der Waals surface area contributed by atoms with Crippen LogP contribution in [0.2, 0.25) is 0 Å². The number of anilines is 1. The van der Waals surface area contributed by atoms with Gasteiger partial charge in [-0.2, -0.15) is 0 Å². The summed E-state index contributed by atoms with van der Waals surface area (Å²) in [7, 11) is -3.40. The monoisotopic (exact) mass is 326 g/mol. The minimum Gasteiger partial charge on any atom is -0.354 e. The molecule has 0 atom stereocenters. The van der Waals surface area contributed by atoms with Crippen LogP contribution in [0.25, 0.3) is 0 Å². The number of carbonyl (C=O) groups excluding carboxylic acids is 1. The van der Waals surface area contributed by atoms with Crippen molar-refractivity contribution in [2.75, 3.05) is 23.7 Å². The highest BCUT2D eigenvalue weighted by molar-refractivity contribution is 7.92. The second-order valence-corrected chi connectivity index (χ2v) is 7.28. The van der Waals surface area contributed by atoms with Gasteiger partial charge in [0.2, 0.25) is 15.9 Å². The number of nitrogens with zero attached hydrogens (tertiary/aromatic N) is 1. The molecule has 0 radical (unpaired) electrons. The van der Waals surface area contributed by atoms with Crippen LogP contribution in [0.3, 0.4) is 0 Å². The van der Waals surface area contributed by atoms with Crippen LogP contribution in [0.4, 0.5) is 5.69 Å². The van der Waals surface area contributed by atoms with Gasteiger partial charge in [0.25, 0.3) is 0 Å². The Morgan fingerprint density at radius 1 is 1.27 bits per heavy atom. The molecule has 0 saturated carbocycles. The third-order valence-corrected chi connectivity index (χ3v) is 4.63. The summed E-state index contributed by atoms with van der Waals surface area (Å²) in [6.45, 7) is 6.39. The Morgan fingerprint density at radius 3 is 2.50 bits per heavy atom. The van der Waals surface area contributed by atoms with E-state index in [0.717, 1.165) is 29.7 Å². The molecule has 1 aromatic carbocycles. The zero-order valence-corrected chi connectivity index (χ0v) is 14.7. The highest BCUT2D eigenvalue weighted by atomic mass is 32.2. The fraction of sp³-hybridized carbons (Fsp3) is 0.562. The number of aryl methyl sites for hydroxylation is 2. The lowest BCUT2D eigenvalue weighted by Crippen LogP contribution is -2.39. The first-order chi connectivity index (χ1) is 10.3. The summed E-state index contributed by atoms with van der Waals surface area (Å²) in [5.41, 5.74) is 2.65. The standard InChI is InChI=1S/C16H26N2O3S/c1-5-8-15(19)17-11-12-18(22(4,20)21)16-13(3)9-7-10-14(16)6-2/h7,9-10H,5-6,8,11-12H2,1-4H3,(H,17,19). The predicted molar refractivity (Wildman–Crippen MR) is 90.7 cm³/mol. The van der Waals surface area contributed by atoms with Gasteiger partial charge in [0.1, 0.15) is 0 Å². The van der Waals surface area contributed by atoms with Crippen LogP contribution in [0.1, 0.15) is 37.8 Å². The highest BCUT2D eigenvalue weighted by Crippen LogP contribution is 2.27. The van der Waals surface area contributed by atoms with E-state index in [4.69, 9.17) is 0 Å². The Bertz CT molecular complexity index is 612. The van der Waals surface area contributed by atoms with E-state index in [0.29, 0.717) is 13.0 Å². The molecule has 22 heavy (non-hydrogen) atoms. The molecule has 5 nitrogen and oxygen atoms in total. The minimum absolute atomic E-state index is 0.0450. The van der Waals surface area contributed by atoms with E-state index in [-0.39, 0.29) is 12.5 Å². The van der Waals surface area contributed by atoms with Crippen LogP contribution in [0.15, 0.2) is 18.2 Å². The molecule has 0 fully saturated rings. The summed E-state index contributed by atoms with van der Waals surface area (Å²) in [5.74, 6) is -0.0450. The van der Waals surface area contributed by atoms with Crippen LogP contribution in [-0.2, 0) is 21.2 Å². The molecule has 124 valence electrons. The second kappa shape index (κ2) is 8.17. The topological polar surface area (TPSA) is 66.5 Å². The summed E-state index contributed by atoms with van der Waals surface area (Å²) in [4.78, 5) is 11.5. The Morgan fingerprint density at radius 2 is 1.95 bits per heavy atom. The lowest BCUT2D eigenvalue weighted by molar-refractivity contribution is -0.121. The molecule has 1 N–H and O–H groups in total. The van der Waals surface area contributed by atoms with E-state index in [9.17, 15) is 13.2 Å². The van der Waals surface area contributed by atoms with Gasteiger partial charge in [-0.05, 0) is 30.9 Å². The van der Waals surface area contributed by atoms with Crippen molar-refractivity contribution in [2.45, 2.75) is 40.0 Å². The van der Waals surface area contributed by atoms with Crippen molar-refractivity contribution < 1.29 is 13.2 Å². The molecule has 1 rings (SSSR count). The first kappa shape index (κ1) is 18.5. The molecule has 0 aliphatic rings. The van der Waals surface area contributed by atoms with E-state index in [1.807, 2.05) is 39.0 Å². The zero-order valence-electron chi connectivity index (χ0n) is 13.8. The lowest BCUT2D eigenvalue weighted by Gasteiger charge is -2.26. The first-order valence-corrected chi connectivity index (χ1v) is 9.49. The average molecular weight is 326 g/mol. The fourth-order valence-corrected chi connectivity index (χ4v) is 3.43. The third-order valence-electron chi connectivity index (χ3n) is 3.47. The zero-order chi connectivity index (χ0) is 16.8. The van der Waals surface area contributed by atoms with Crippen LogP contribution in [0, 0.1) is 6.92 Å². The minimum atomic E-state index is -3.40. The fourth-order valence-electron chi connectivity index (χ4n) is 2.42. The number of hydrogen-bond donors (Lipinski definition) is 1. The van der Waals surface area contributed by atoms with E-state index >= 15 is 0 Å². The van der Waals surface area contributed by atoms with E-state index < -0.39 is 10.0 Å². The number of para-hydroxylation sites is 1. The molecule has 1 amide bonds. The van der Waals surface area contributed by atoms with Crippen molar-refractivity contribution in [3.63, 3.8) is 0 Å². The largest absolute Gasteiger partial charge is 0.354 e. The molecule has 1 aromatic rings. The van der Waals surface area contributed by atoms with Gasteiger partial charge in [0.05, 0.1) is 18.5 Å². The summed E-state index contributed by atoms with van der Waals surface area (Å²) >= 11 is 0.